The third-order valence-corrected chi connectivity index (χ3v) is 5.17. The first-order chi connectivity index (χ1) is 13.4. The minimum absolute atomic E-state index is 0.0636. The van der Waals surface area contributed by atoms with Gasteiger partial charge < -0.3 is 4.42 Å². The van der Waals surface area contributed by atoms with Crippen molar-refractivity contribution in [1.29, 1.82) is 0 Å². The highest BCUT2D eigenvalue weighted by atomic mass is 32.2. The Morgan fingerprint density at radius 2 is 1.46 bits per heavy atom. The summed E-state index contributed by atoms with van der Waals surface area (Å²) in [5.41, 5.74) is 1.92. The number of primary sulfonamides is 1. The zero-order chi connectivity index (χ0) is 19.7. The van der Waals surface area contributed by atoms with E-state index in [9.17, 15) is 12.8 Å². The molecule has 0 atom stereocenters. The van der Waals surface area contributed by atoms with Crippen LogP contribution in [-0.4, -0.2) is 13.4 Å². The number of nitrogens with zero attached hydrogens (tertiary/aromatic N) is 1. The van der Waals surface area contributed by atoms with E-state index in [1.54, 1.807) is 30.3 Å². The third-order valence-electron chi connectivity index (χ3n) is 4.20. The van der Waals surface area contributed by atoms with E-state index >= 15 is 0 Å². The van der Waals surface area contributed by atoms with Gasteiger partial charge in [0.25, 0.3) is 0 Å². The first-order valence-corrected chi connectivity index (χ1v) is 9.92. The Morgan fingerprint density at radius 3 is 2.14 bits per heavy atom. The molecule has 0 spiro atoms. The molecule has 28 heavy (non-hydrogen) atoms. The Labute approximate surface area is 161 Å². The van der Waals surface area contributed by atoms with Crippen molar-refractivity contribution >= 4 is 10.0 Å². The summed E-state index contributed by atoms with van der Waals surface area (Å²) in [6, 6.07) is 21.2. The maximum Gasteiger partial charge on any atom is 0.238 e. The van der Waals surface area contributed by atoms with Gasteiger partial charge in [-0.2, -0.15) is 0 Å². The first kappa shape index (κ1) is 18.1. The predicted molar refractivity (Wildman–Crippen MR) is 104 cm³/mol. The van der Waals surface area contributed by atoms with Crippen LogP contribution in [0.5, 0.6) is 0 Å². The molecular weight excluding hydrogens is 379 g/mol. The standard InChI is InChI=1S/C21H15FN2O3S/c22-16-12-10-14(11-13-16)20-19(17-8-4-5-9-18(17)28(23,25)26)24-21(27-20)15-6-2-1-3-7-15/h1-13H,(H2,23,25,26). The Kier molecular flexibility index (Phi) is 4.54. The van der Waals surface area contributed by atoms with Gasteiger partial charge in [0.15, 0.2) is 5.76 Å². The molecule has 0 amide bonds. The average Bonchev–Trinajstić information content (AvgIpc) is 3.14. The molecule has 0 saturated carbocycles. The van der Waals surface area contributed by atoms with Crippen LogP contribution in [0.4, 0.5) is 4.39 Å². The number of benzene rings is 3. The molecule has 2 N–H and O–H groups in total. The van der Waals surface area contributed by atoms with Crippen LogP contribution in [-0.2, 0) is 10.0 Å². The van der Waals surface area contributed by atoms with E-state index in [0.717, 1.165) is 5.56 Å². The summed E-state index contributed by atoms with van der Waals surface area (Å²) in [6.07, 6.45) is 0. The molecule has 1 aromatic heterocycles. The highest BCUT2D eigenvalue weighted by molar-refractivity contribution is 7.89. The summed E-state index contributed by atoms with van der Waals surface area (Å²) >= 11 is 0. The molecule has 0 unspecified atom stereocenters. The van der Waals surface area contributed by atoms with Crippen molar-refractivity contribution in [1.82, 2.24) is 4.98 Å². The van der Waals surface area contributed by atoms with Gasteiger partial charge in [0, 0.05) is 16.7 Å². The smallest absolute Gasteiger partial charge is 0.238 e. The van der Waals surface area contributed by atoms with Crippen molar-refractivity contribution in [2.45, 2.75) is 4.90 Å². The van der Waals surface area contributed by atoms with Crippen molar-refractivity contribution in [3.63, 3.8) is 0 Å². The van der Waals surface area contributed by atoms with E-state index in [-0.39, 0.29) is 4.90 Å². The van der Waals surface area contributed by atoms with Crippen molar-refractivity contribution in [2.75, 3.05) is 0 Å². The van der Waals surface area contributed by atoms with E-state index in [2.05, 4.69) is 4.98 Å². The van der Waals surface area contributed by atoms with Crippen LogP contribution in [0.15, 0.2) is 88.2 Å². The first-order valence-electron chi connectivity index (χ1n) is 8.38. The van der Waals surface area contributed by atoms with Crippen LogP contribution < -0.4 is 5.14 Å². The van der Waals surface area contributed by atoms with Gasteiger partial charge in [0.05, 0.1) is 4.90 Å². The highest BCUT2D eigenvalue weighted by Gasteiger charge is 2.23. The second-order valence-electron chi connectivity index (χ2n) is 6.11. The van der Waals surface area contributed by atoms with Crippen LogP contribution in [0, 0.1) is 5.82 Å². The second kappa shape index (κ2) is 7.03. The van der Waals surface area contributed by atoms with Crippen molar-refractivity contribution in [2.24, 2.45) is 5.14 Å². The Hall–Kier alpha value is -3.29. The Bertz CT molecular complexity index is 1230. The molecule has 7 heteroatoms. The van der Waals surface area contributed by atoms with Crippen LogP contribution in [0.2, 0.25) is 0 Å². The summed E-state index contributed by atoms with van der Waals surface area (Å²) < 4.78 is 43.5. The molecule has 0 saturated heterocycles. The number of hydrogen-bond acceptors (Lipinski definition) is 4. The summed E-state index contributed by atoms with van der Waals surface area (Å²) in [4.78, 5) is 4.48. The lowest BCUT2D eigenvalue weighted by Crippen LogP contribution is -2.13. The molecule has 0 bridgehead atoms. The van der Waals surface area contributed by atoms with Gasteiger partial charge in [-0.25, -0.2) is 22.9 Å². The number of halogens is 1. The summed E-state index contributed by atoms with van der Waals surface area (Å²) in [6.45, 7) is 0. The molecule has 3 aromatic carbocycles. The quantitative estimate of drug-likeness (QED) is 0.554. The maximum absolute atomic E-state index is 13.4. The molecule has 5 nitrogen and oxygen atoms in total. The van der Waals surface area contributed by atoms with E-state index in [1.165, 1.54) is 18.2 Å². The topological polar surface area (TPSA) is 86.2 Å². The summed E-state index contributed by atoms with van der Waals surface area (Å²) in [5.74, 6) is 0.257. The largest absolute Gasteiger partial charge is 0.435 e. The lowest BCUT2D eigenvalue weighted by molar-refractivity contribution is 0.588. The Morgan fingerprint density at radius 1 is 0.821 bits per heavy atom. The molecule has 0 radical (unpaired) electrons. The minimum atomic E-state index is -3.98. The van der Waals surface area contributed by atoms with Gasteiger partial charge in [0.2, 0.25) is 15.9 Å². The van der Waals surface area contributed by atoms with Crippen molar-refractivity contribution < 1.29 is 17.2 Å². The molecule has 0 aliphatic heterocycles. The normalized spacial score (nSPS) is 11.5. The van der Waals surface area contributed by atoms with Crippen LogP contribution in [0.3, 0.4) is 0 Å². The van der Waals surface area contributed by atoms with Crippen LogP contribution >= 0.6 is 0 Å². The molecule has 0 aliphatic rings. The van der Waals surface area contributed by atoms with Gasteiger partial charge in [-0.05, 0) is 42.5 Å². The Balaban J connectivity index is 1.99. The molecule has 140 valence electrons. The number of nitrogens with two attached hydrogens (primary N) is 1. The van der Waals surface area contributed by atoms with Gasteiger partial charge >= 0.3 is 0 Å². The third kappa shape index (κ3) is 3.45. The fourth-order valence-electron chi connectivity index (χ4n) is 2.91. The van der Waals surface area contributed by atoms with E-state index in [4.69, 9.17) is 9.56 Å². The minimum Gasteiger partial charge on any atom is -0.435 e. The molecule has 1 heterocycles. The average molecular weight is 394 g/mol. The van der Waals surface area contributed by atoms with E-state index < -0.39 is 15.8 Å². The SMILES string of the molecule is NS(=O)(=O)c1ccccc1-c1nc(-c2ccccc2)oc1-c1ccc(F)cc1. The summed E-state index contributed by atoms with van der Waals surface area (Å²) in [7, 11) is -3.98. The fraction of sp³-hybridized carbons (Fsp3) is 0. The van der Waals surface area contributed by atoms with Gasteiger partial charge in [-0.15, -0.1) is 0 Å². The van der Waals surface area contributed by atoms with E-state index in [0.29, 0.717) is 28.5 Å². The van der Waals surface area contributed by atoms with Gasteiger partial charge in [-0.1, -0.05) is 36.4 Å². The fourth-order valence-corrected chi connectivity index (χ4v) is 3.65. The maximum atomic E-state index is 13.4. The van der Waals surface area contributed by atoms with Gasteiger partial charge in [-0.3, -0.25) is 0 Å². The number of sulfonamides is 1. The van der Waals surface area contributed by atoms with Crippen LogP contribution in [0.25, 0.3) is 34.0 Å². The number of hydrogen-bond donors (Lipinski definition) is 1. The van der Waals surface area contributed by atoms with Crippen molar-refractivity contribution in [3.05, 3.63) is 84.7 Å². The van der Waals surface area contributed by atoms with Gasteiger partial charge in [0.1, 0.15) is 11.5 Å². The van der Waals surface area contributed by atoms with Crippen LogP contribution in [0.1, 0.15) is 0 Å². The molecular formula is C21H15FN2O3S. The lowest BCUT2D eigenvalue weighted by Gasteiger charge is -2.06. The molecule has 4 rings (SSSR count). The summed E-state index contributed by atoms with van der Waals surface area (Å²) in [5, 5.41) is 5.39. The predicted octanol–water partition coefficient (Wildman–Crippen LogP) is 4.46. The van der Waals surface area contributed by atoms with E-state index in [1.807, 2.05) is 30.3 Å². The number of rotatable bonds is 4. The molecule has 4 aromatic rings. The zero-order valence-corrected chi connectivity index (χ0v) is 15.4. The lowest BCUT2D eigenvalue weighted by atomic mass is 10.1. The zero-order valence-electron chi connectivity index (χ0n) is 14.5. The highest BCUT2D eigenvalue weighted by Crippen LogP contribution is 2.38. The molecule has 0 fully saturated rings. The van der Waals surface area contributed by atoms with Crippen molar-refractivity contribution in [3.8, 4) is 34.0 Å². The molecule has 0 aliphatic carbocycles. The second-order valence-corrected chi connectivity index (χ2v) is 7.64. The number of aromatic nitrogens is 1. The number of oxazole rings is 1. The monoisotopic (exact) mass is 394 g/mol.